The van der Waals surface area contributed by atoms with Gasteiger partial charge in [-0.15, -0.1) is 0 Å². The molecular formula is C15H23NO2. The van der Waals surface area contributed by atoms with Crippen LogP contribution >= 0.6 is 0 Å². The van der Waals surface area contributed by atoms with Gasteiger partial charge in [-0.1, -0.05) is 18.2 Å². The molecule has 0 spiro atoms. The largest absolute Gasteiger partial charge is 0.494 e. The zero-order chi connectivity index (χ0) is 13.0. The van der Waals surface area contributed by atoms with Crippen LogP contribution in [0.4, 0.5) is 0 Å². The molecule has 1 aromatic carbocycles. The predicted molar refractivity (Wildman–Crippen MR) is 73.0 cm³/mol. The van der Waals surface area contributed by atoms with E-state index < -0.39 is 0 Å². The molecule has 1 aromatic rings. The first kappa shape index (κ1) is 13.4. The molecule has 0 amide bonds. The zero-order valence-corrected chi connectivity index (χ0v) is 11.5. The lowest BCUT2D eigenvalue weighted by Gasteiger charge is -2.23. The van der Waals surface area contributed by atoms with Crippen LogP contribution in [-0.2, 0) is 4.74 Å². The van der Waals surface area contributed by atoms with Crippen LogP contribution in [0.25, 0.3) is 0 Å². The van der Waals surface area contributed by atoms with Gasteiger partial charge in [-0.2, -0.15) is 0 Å². The summed E-state index contributed by atoms with van der Waals surface area (Å²) in [5.74, 6) is 0.978. The summed E-state index contributed by atoms with van der Waals surface area (Å²) in [5.41, 5.74) is 1.22. The quantitative estimate of drug-likeness (QED) is 0.870. The Morgan fingerprint density at radius 2 is 2.22 bits per heavy atom. The van der Waals surface area contributed by atoms with Crippen LogP contribution in [0.3, 0.4) is 0 Å². The van der Waals surface area contributed by atoms with Crippen molar-refractivity contribution in [2.45, 2.75) is 45.4 Å². The Morgan fingerprint density at radius 3 is 2.89 bits per heavy atom. The monoisotopic (exact) mass is 249 g/mol. The van der Waals surface area contributed by atoms with E-state index in [0.717, 1.165) is 18.8 Å². The molecule has 0 saturated carbocycles. The molecule has 3 heteroatoms. The Bertz CT molecular complexity index is 381. The van der Waals surface area contributed by atoms with Crippen molar-refractivity contribution in [1.29, 1.82) is 0 Å². The number of benzene rings is 1. The van der Waals surface area contributed by atoms with Gasteiger partial charge >= 0.3 is 0 Å². The SMILES string of the molecule is CCOc1ccccc1C(C)NC1CCOC1C. The lowest BCUT2D eigenvalue weighted by molar-refractivity contribution is 0.111. The normalized spacial score (nSPS) is 25.1. The molecule has 1 N–H and O–H groups in total. The van der Waals surface area contributed by atoms with Crippen molar-refractivity contribution in [2.75, 3.05) is 13.2 Å². The minimum Gasteiger partial charge on any atom is -0.494 e. The molecule has 1 aliphatic rings. The average molecular weight is 249 g/mol. The van der Waals surface area contributed by atoms with Crippen LogP contribution in [0.5, 0.6) is 5.75 Å². The molecule has 2 rings (SSSR count). The van der Waals surface area contributed by atoms with Gasteiger partial charge in [0, 0.05) is 24.3 Å². The van der Waals surface area contributed by atoms with E-state index in [1.54, 1.807) is 0 Å². The molecule has 0 aliphatic carbocycles. The molecule has 1 heterocycles. The average Bonchev–Trinajstić information content (AvgIpc) is 2.76. The molecule has 3 unspecified atom stereocenters. The molecule has 1 aliphatic heterocycles. The van der Waals surface area contributed by atoms with Gasteiger partial charge in [-0.25, -0.2) is 0 Å². The predicted octanol–water partition coefficient (Wildman–Crippen LogP) is 2.91. The van der Waals surface area contributed by atoms with Gasteiger partial charge in [-0.3, -0.25) is 0 Å². The molecular weight excluding hydrogens is 226 g/mol. The number of rotatable bonds is 5. The zero-order valence-electron chi connectivity index (χ0n) is 11.5. The van der Waals surface area contributed by atoms with Gasteiger partial charge in [0.1, 0.15) is 5.75 Å². The fourth-order valence-electron chi connectivity index (χ4n) is 2.49. The molecule has 100 valence electrons. The smallest absolute Gasteiger partial charge is 0.124 e. The maximum atomic E-state index is 5.68. The van der Waals surface area contributed by atoms with E-state index in [9.17, 15) is 0 Å². The standard InChI is InChI=1S/C15H23NO2/c1-4-17-15-8-6-5-7-13(15)11(2)16-14-9-10-18-12(14)3/h5-8,11-12,14,16H,4,9-10H2,1-3H3. The van der Waals surface area contributed by atoms with Crippen molar-refractivity contribution in [2.24, 2.45) is 0 Å². The van der Waals surface area contributed by atoms with Crippen molar-refractivity contribution >= 4 is 0 Å². The summed E-state index contributed by atoms with van der Waals surface area (Å²) in [6.07, 6.45) is 1.38. The van der Waals surface area contributed by atoms with Crippen LogP contribution in [0.1, 0.15) is 38.8 Å². The highest BCUT2D eigenvalue weighted by Gasteiger charge is 2.26. The fraction of sp³-hybridized carbons (Fsp3) is 0.600. The van der Waals surface area contributed by atoms with Crippen LogP contribution in [0, 0.1) is 0 Å². The van der Waals surface area contributed by atoms with Crippen molar-refractivity contribution in [1.82, 2.24) is 5.32 Å². The molecule has 3 atom stereocenters. The maximum Gasteiger partial charge on any atom is 0.124 e. The third-order valence-corrected chi connectivity index (χ3v) is 3.53. The maximum absolute atomic E-state index is 5.68. The Kier molecular flexibility index (Phi) is 4.61. The van der Waals surface area contributed by atoms with Crippen LogP contribution < -0.4 is 10.1 Å². The number of para-hydroxylation sites is 1. The van der Waals surface area contributed by atoms with Gasteiger partial charge in [0.25, 0.3) is 0 Å². The summed E-state index contributed by atoms with van der Waals surface area (Å²) >= 11 is 0. The second kappa shape index (κ2) is 6.21. The third-order valence-electron chi connectivity index (χ3n) is 3.53. The third kappa shape index (κ3) is 3.03. The second-order valence-electron chi connectivity index (χ2n) is 4.83. The summed E-state index contributed by atoms with van der Waals surface area (Å²) < 4.78 is 11.3. The molecule has 1 fully saturated rings. The minimum atomic E-state index is 0.280. The molecule has 18 heavy (non-hydrogen) atoms. The summed E-state index contributed by atoms with van der Waals surface area (Å²) in [5, 5.41) is 3.64. The van der Waals surface area contributed by atoms with E-state index in [-0.39, 0.29) is 6.04 Å². The lowest BCUT2D eigenvalue weighted by Crippen LogP contribution is -2.36. The highest BCUT2D eigenvalue weighted by Crippen LogP contribution is 2.26. The van der Waals surface area contributed by atoms with E-state index in [0.29, 0.717) is 18.8 Å². The van der Waals surface area contributed by atoms with Crippen LogP contribution in [0.15, 0.2) is 24.3 Å². The lowest BCUT2D eigenvalue weighted by atomic mass is 10.0. The Balaban J connectivity index is 2.05. The Hall–Kier alpha value is -1.06. The van der Waals surface area contributed by atoms with Crippen LogP contribution in [-0.4, -0.2) is 25.4 Å². The van der Waals surface area contributed by atoms with Crippen molar-refractivity contribution in [3.05, 3.63) is 29.8 Å². The van der Waals surface area contributed by atoms with E-state index in [4.69, 9.17) is 9.47 Å². The molecule has 0 radical (unpaired) electrons. The summed E-state index contributed by atoms with van der Waals surface area (Å²) in [4.78, 5) is 0. The highest BCUT2D eigenvalue weighted by molar-refractivity contribution is 5.35. The summed E-state index contributed by atoms with van der Waals surface area (Å²) in [7, 11) is 0. The van der Waals surface area contributed by atoms with E-state index in [1.807, 2.05) is 19.1 Å². The minimum absolute atomic E-state index is 0.280. The summed E-state index contributed by atoms with van der Waals surface area (Å²) in [6.45, 7) is 7.89. The van der Waals surface area contributed by atoms with Gasteiger partial charge in [0.05, 0.1) is 12.7 Å². The number of ether oxygens (including phenoxy) is 2. The van der Waals surface area contributed by atoms with E-state index in [2.05, 4.69) is 31.3 Å². The Labute approximate surface area is 109 Å². The van der Waals surface area contributed by atoms with Gasteiger partial charge in [0.2, 0.25) is 0 Å². The summed E-state index contributed by atoms with van der Waals surface area (Å²) in [6, 6.07) is 8.96. The topological polar surface area (TPSA) is 30.5 Å². The first-order valence-corrected chi connectivity index (χ1v) is 6.81. The molecule has 0 bridgehead atoms. The molecule has 3 nitrogen and oxygen atoms in total. The van der Waals surface area contributed by atoms with E-state index in [1.165, 1.54) is 5.56 Å². The van der Waals surface area contributed by atoms with Crippen molar-refractivity contribution in [3.63, 3.8) is 0 Å². The van der Waals surface area contributed by atoms with Crippen molar-refractivity contribution < 1.29 is 9.47 Å². The number of hydrogen-bond donors (Lipinski definition) is 1. The number of nitrogens with one attached hydrogen (secondary N) is 1. The van der Waals surface area contributed by atoms with Crippen LogP contribution in [0.2, 0.25) is 0 Å². The second-order valence-corrected chi connectivity index (χ2v) is 4.83. The Morgan fingerprint density at radius 1 is 1.44 bits per heavy atom. The van der Waals surface area contributed by atoms with Gasteiger partial charge in [0.15, 0.2) is 0 Å². The first-order chi connectivity index (χ1) is 8.72. The van der Waals surface area contributed by atoms with Gasteiger partial charge in [-0.05, 0) is 33.3 Å². The highest BCUT2D eigenvalue weighted by atomic mass is 16.5. The molecule has 1 saturated heterocycles. The van der Waals surface area contributed by atoms with E-state index >= 15 is 0 Å². The van der Waals surface area contributed by atoms with Crippen molar-refractivity contribution in [3.8, 4) is 5.75 Å². The molecule has 0 aromatic heterocycles. The fourth-order valence-corrected chi connectivity index (χ4v) is 2.49. The first-order valence-electron chi connectivity index (χ1n) is 6.81. The van der Waals surface area contributed by atoms with Gasteiger partial charge < -0.3 is 14.8 Å². The number of hydrogen-bond acceptors (Lipinski definition) is 3.